The molecule has 0 spiro atoms. The summed E-state index contributed by atoms with van der Waals surface area (Å²) in [6.07, 6.45) is -0.749. The Labute approximate surface area is 242 Å². The molecule has 1 aliphatic heterocycles. The molecule has 1 unspecified atom stereocenters. The summed E-state index contributed by atoms with van der Waals surface area (Å²) < 4.78 is 25.3. The lowest BCUT2D eigenvalue weighted by molar-refractivity contribution is -0.130. The van der Waals surface area contributed by atoms with E-state index in [0.717, 1.165) is 56.6 Å². The van der Waals surface area contributed by atoms with Crippen molar-refractivity contribution in [2.75, 3.05) is 39.3 Å². The van der Waals surface area contributed by atoms with Crippen molar-refractivity contribution in [2.45, 2.75) is 32.1 Å². The summed E-state index contributed by atoms with van der Waals surface area (Å²) in [6.45, 7) is 5.02. The Morgan fingerprint density at radius 3 is 2.17 bits per heavy atom. The number of piperazine rings is 1. The zero-order valence-electron chi connectivity index (χ0n) is 23.3. The van der Waals surface area contributed by atoms with E-state index in [0.29, 0.717) is 5.56 Å². The van der Waals surface area contributed by atoms with Gasteiger partial charge in [-0.1, -0.05) is 36.1 Å². The standard InChI is InChI=1S/C31H33F2N5O4/c1-21(39)38-16-14-37(15-17-38)13-12-24-6-4-22(5-7-24)2-3-23-8-10-25(11-9-23)18-26(30(41)34-19-27(32)33)28-29(40)31(42)36-20-35-28/h4-11,20,26-27,40H,12-19H2,1H3,(H,34,41)(H,35,36,42). The van der Waals surface area contributed by atoms with Gasteiger partial charge < -0.3 is 20.3 Å². The van der Waals surface area contributed by atoms with Gasteiger partial charge in [0, 0.05) is 50.8 Å². The number of carbonyl (C=O) groups excluding carboxylic acids is 2. The summed E-state index contributed by atoms with van der Waals surface area (Å²) in [5.74, 6) is 3.74. The highest BCUT2D eigenvalue weighted by Crippen LogP contribution is 2.24. The number of aromatic hydroxyl groups is 1. The Bertz CT molecular complexity index is 1490. The van der Waals surface area contributed by atoms with Gasteiger partial charge in [-0.3, -0.25) is 19.3 Å². The third kappa shape index (κ3) is 8.47. The van der Waals surface area contributed by atoms with Gasteiger partial charge in [0.1, 0.15) is 5.69 Å². The van der Waals surface area contributed by atoms with Crippen LogP contribution >= 0.6 is 0 Å². The van der Waals surface area contributed by atoms with E-state index in [2.05, 4.69) is 44.2 Å². The van der Waals surface area contributed by atoms with Crippen molar-refractivity contribution in [1.82, 2.24) is 25.1 Å². The van der Waals surface area contributed by atoms with Gasteiger partial charge in [0.2, 0.25) is 17.6 Å². The van der Waals surface area contributed by atoms with Gasteiger partial charge in [-0.15, -0.1) is 0 Å². The first-order valence-electron chi connectivity index (χ1n) is 13.7. The summed E-state index contributed by atoms with van der Waals surface area (Å²) in [5, 5.41) is 12.3. The minimum Gasteiger partial charge on any atom is -0.502 e. The Hall–Kier alpha value is -4.56. The maximum absolute atomic E-state index is 12.7. The van der Waals surface area contributed by atoms with Crippen molar-refractivity contribution in [3.05, 3.63) is 93.2 Å². The van der Waals surface area contributed by atoms with E-state index < -0.39 is 36.1 Å². The van der Waals surface area contributed by atoms with Crippen molar-refractivity contribution in [1.29, 1.82) is 0 Å². The van der Waals surface area contributed by atoms with Crippen LogP contribution in [0.3, 0.4) is 0 Å². The van der Waals surface area contributed by atoms with Crippen LogP contribution in [0.4, 0.5) is 8.78 Å². The second kappa shape index (κ2) is 14.4. The van der Waals surface area contributed by atoms with Crippen molar-refractivity contribution in [3.63, 3.8) is 0 Å². The van der Waals surface area contributed by atoms with Gasteiger partial charge in [-0.25, -0.2) is 13.8 Å². The Balaban J connectivity index is 1.35. The fourth-order valence-corrected chi connectivity index (χ4v) is 4.71. The van der Waals surface area contributed by atoms with Gasteiger partial charge in [-0.05, 0) is 48.2 Å². The molecule has 1 saturated heterocycles. The second-order valence-corrected chi connectivity index (χ2v) is 10.1. The van der Waals surface area contributed by atoms with Gasteiger partial charge in [0.15, 0.2) is 0 Å². The molecular weight excluding hydrogens is 544 g/mol. The van der Waals surface area contributed by atoms with Crippen LogP contribution in [0.25, 0.3) is 0 Å². The summed E-state index contributed by atoms with van der Waals surface area (Å²) >= 11 is 0. The smallest absolute Gasteiger partial charge is 0.293 e. The van der Waals surface area contributed by atoms with E-state index in [1.807, 2.05) is 17.0 Å². The average Bonchev–Trinajstić information content (AvgIpc) is 2.99. The van der Waals surface area contributed by atoms with Crippen molar-refractivity contribution in [3.8, 4) is 17.6 Å². The maximum atomic E-state index is 12.7. The number of nitrogens with zero attached hydrogens (tertiary/aromatic N) is 3. The van der Waals surface area contributed by atoms with E-state index in [1.54, 1.807) is 31.2 Å². The topological polar surface area (TPSA) is 119 Å². The number of hydrogen-bond acceptors (Lipinski definition) is 6. The monoisotopic (exact) mass is 577 g/mol. The lowest BCUT2D eigenvalue weighted by Gasteiger charge is -2.34. The third-order valence-electron chi connectivity index (χ3n) is 7.17. The number of nitrogens with one attached hydrogen (secondary N) is 2. The molecule has 1 aromatic heterocycles. The zero-order chi connectivity index (χ0) is 30.1. The first-order chi connectivity index (χ1) is 20.2. The molecule has 11 heteroatoms. The molecule has 9 nitrogen and oxygen atoms in total. The number of halogens is 2. The molecule has 1 atom stereocenters. The normalized spacial score (nSPS) is 14.2. The summed E-state index contributed by atoms with van der Waals surface area (Å²) in [7, 11) is 0. The van der Waals surface area contributed by atoms with Crippen LogP contribution in [-0.4, -0.2) is 82.4 Å². The highest BCUT2D eigenvalue weighted by atomic mass is 19.3. The Morgan fingerprint density at radius 2 is 1.60 bits per heavy atom. The quantitative estimate of drug-likeness (QED) is 0.336. The number of amides is 2. The molecule has 1 aliphatic rings. The molecule has 220 valence electrons. The molecule has 0 bridgehead atoms. The van der Waals surface area contributed by atoms with Gasteiger partial charge in [0.05, 0.1) is 18.8 Å². The summed E-state index contributed by atoms with van der Waals surface area (Å²) in [4.78, 5) is 46.4. The van der Waals surface area contributed by atoms with Crippen LogP contribution in [0, 0.1) is 11.8 Å². The van der Waals surface area contributed by atoms with Crippen LogP contribution in [0.15, 0.2) is 59.7 Å². The number of aromatic nitrogens is 2. The maximum Gasteiger partial charge on any atom is 0.293 e. The van der Waals surface area contributed by atoms with E-state index in [9.17, 15) is 28.3 Å². The number of aromatic amines is 1. The van der Waals surface area contributed by atoms with Crippen LogP contribution in [0.1, 0.15) is 40.8 Å². The minimum atomic E-state index is -2.75. The molecule has 0 saturated carbocycles. The van der Waals surface area contributed by atoms with Crippen LogP contribution in [0.2, 0.25) is 0 Å². The number of H-pyrrole nitrogens is 1. The first kappa shape index (κ1) is 30.4. The first-order valence-corrected chi connectivity index (χ1v) is 13.7. The number of benzene rings is 2. The number of hydrogen-bond donors (Lipinski definition) is 3. The van der Waals surface area contributed by atoms with E-state index in [-0.39, 0.29) is 18.0 Å². The second-order valence-electron chi connectivity index (χ2n) is 10.1. The highest BCUT2D eigenvalue weighted by Gasteiger charge is 2.27. The molecule has 42 heavy (non-hydrogen) atoms. The van der Waals surface area contributed by atoms with Crippen molar-refractivity contribution >= 4 is 11.8 Å². The molecule has 2 aromatic carbocycles. The molecule has 3 N–H and O–H groups in total. The molecule has 4 rings (SSSR count). The zero-order valence-corrected chi connectivity index (χ0v) is 23.3. The fourth-order valence-electron chi connectivity index (χ4n) is 4.71. The van der Waals surface area contributed by atoms with E-state index >= 15 is 0 Å². The Morgan fingerprint density at radius 1 is 1.00 bits per heavy atom. The molecule has 0 aliphatic carbocycles. The van der Waals surface area contributed by atoms with Gasteiger partial charge in [0.25, 0.3) is 12.0 Å². The van der Waals surface area contributed by atoms with Gasteiger partial charge in [-0.2, -0.15) is 0 Å². The minimum absolute atomic E-state index is 0.0284. The third-order valence-corrected chi connectivity index (χ3v) is 7.17. The predicted molar refractivity (Wildman–Crippen MR) is 153 cm³/mol. The predicted octanol–water partition coefficient (Wildman–Crippen LogP) is 2.29. The summed E-state index contributed by atoms with van der Waals surface area (Å²) in [6, 6.07) is 15.2. The van der Waals surface area contributed by atoms with Crippen LogP contribution in [-0.2, 0) is 22.4 Å². The fraction of sp³-hybridized carbons (Fsp3) is 0.355. The van der Waals surface area contributed by atoms with Crippen molar-refractivity contribution in [2.24, 2.45) is 0 Å². The highest BCUT2D eigenvalue weighted by molar-refractivity contribution is 5.84. The lowest BCUT2D eigenvalue weighted by atomic mass is 9.94. The molecule has 3 aromatic rings. The molecule has 0 radical (unpaired) electrons. The Kier molecular flexibility index (Phi) is 10.4. The molecule has 1 fully saturated rings. The molecule has 2 amide bonds. The van der Waals surface area contributed by atoms with Crippen LogP contribution < -0.4 is 10.9 Å². The van der Waals surface area contributed by atoms with E-state index in [4.69, 9.17) is 0 Å². The number of carbonyl (C=O) groups is 2. The number of rotatable bonds is 9. The molecular formula is C31H33F2N5O4. The SMILES string of the molecule is CC(=O)N1CCN(CCc2ccc(C#Cc3ccc(CC(C(=O)NCC(F)F)c4nc[nH]c(=O)c4O)cc3)cc2)CC1. The summed E-state index contributed by atoms with van der Waals surface area (Å²) in [5.41, 5.74) is 2.48. The lowest BCUT2D eigenvalue weighted by Crippen LogP contribution is -2.48. The van der Waals surface area contributed by atoms with Crippen molar-refractivity contribution < 1.29 is 23.5 Å². The average molecular weight is 578 g/mol. The van der Waals surface area contributed by atoms with Crippen LogP contribution in [0.5, 0.6) is 5.75 Å². The number of alkyl halides is 2. The van der Waals surface area contributed by atoms with Gasteiger partial charge >= 0.3 is 0 Å². The molecule has 2 heterocycles. The largest absolute Gasteiger partial charge is 0.502 e. The van der Waals surface area contributed by atoms with E-state index in [1.165, 1.54) is 5.56 Å².